The van der Waals surface area contributed by atoms with Gasteiger partial charge in [-0.25, -0.2) is 4.99 Å². The van der Waals surface area contributed by atoms with Crippen LogP contribution < -0.4 is 15.4 Å². The lowest BCUT2D eigenvalue weighted by atomic mass is 10.1. The second-order valence-electron chi connectivity index (χ2n) is 5.49. The molecule has 5 heteroatoms. The SMILES string of the molecule is CCNC(=NCc1ncccc1C)NCCc1ccc(OC)cc1. The molecule has 0 saturated carbocycles. The van der Waals surface area contributed by atoms with E-state index in [2.05, 4.69) is 52.7 Å². The van der Waals surface area contributed by atoms with Crippen molar-refractivity contribution in [2.75, 3.05) is 20.2 Å². The third-order valence-corrected chi connectivity index (χ3v) is 3.71. The van der Waals surface area contributed by atoms with Gasteiger partial charge >= 0.3 is 0 Å². The second kappa shape index (κ2) is 9.55. The smallest absolute Gasteiger partial charge is 0.191 e. The number of aliphatic imine (C=N–C) groups is 1. The van der Waals surface area contributed by atoms with Gasteiger partial charge in [0.1, 0.15) is 5.75 Å². The van der Waals surface area contributed by atoms with E-state index in [1.165, 1.54) is 5.56 Å². The lowest BCUT2D eigenvalue weighted by molar-refractivity contribution is 0.414. The number of aryl methyl sites for hydroxylation is 1. The van der Waals surface area contributed by atoms with Crippen LogP contribution >= 0.6 is 0 Å². The zero-order chi connectivity index (χ0) is 17.2. The Bertz CT molecular complexity index is 653. The van der Waals surface area contributed by atoms with Crippen LogP contribution in [0.3, 0.4) is 0 Å². The van der Waals surface area contributed by atoms with Gasteiger partial charge in [-0.1, -0.05) is 18.2 Å². The number of ether oxygens (including phenoxy) is 1. The molecule has 1 aromatic heterocycles. The average molecular weight is 326 g/mol. The van der Waals surface area contributed by atoms with Crippen LogP contribution in [0.5, 0.6) is 5.75 Å². The van der Waals surface area contributed by atoms with Gasteiger partial charge in [-0.2, -0.15) is 0 Å². The van der Waals surface area contributed by atoms with E-state index in [9.17, 15) is 0 Å². The summed E-state index contributed by atoms with van der Waals surface area (Å²) in [5.41, 5.74) is 3.43. The number of guanidine groups is 1. The average Bonchev–Trinajstić information content (AvgIpc) is 2.61. The molecule has 0 radical (unpaired) electrons. The van der Waals surface area contributed by atoms with Crippen molar-refractivity contribution in [2.24, 2.45) is 4.99 Å². The molecule has 24 heavy (non-hydrogen) atoms. The fraction of sp³-hybridized carbons (Fsp3) is 0.368. The number of benzene rings is 1. The summed E-state index contributed by atoms with van der Waals surface area (Å²) >= 11 is 0. The predicted molar refractivity (Wildman–Crippen MR) is 98.5 cm³/mol. The normalized spacial score (nSPS) is 11.2. The molecule has 0 saturated heterocycles. The third-order valence-electron chi connectivity index (χ3n) is 3.71. The van der Waals surface area contributed by atoms with Crippen molar-refractivity contribution in [3.05, 3.63) is 59.4 Å². The Kier molecular flexibility index (Phi) is 7.08. The third kappa shape index (κ3) is 5.57. The topological polar surface area (TPSA) is 58.5 Å². The molecule has 0 unspecified atom stereocenters. The van der Waals surface area contributed by atoms with Crippen molar-refractivity contribution in [2.45, 2.75) is 26.8 Å². The molecule has 1 aromatic carbocycles. The van der Waals surface area contributed by atoms with Crippen LogP contribution in [0.15, 0.2) is 47.6 Å². The van der Waals surface area contributed by atoms with E-state index in [0.717, 1.165) is 42.5 Å². The van der Waals surface area contributed by atoms with E-state index in [4.69, 9.17) is 4.74 Å². The van der Waals surface area contributed by atoms with E-state index < -0.39 is 0 Å². The summed E-state index contributed by atoms with van der Waals surface area (Å²) in [5, 5.41) is 6.64. The fourth-order valence-corrected chi connectivity index (χ4v) is 2.30. The summed E-state index contributed by atoms with van der Waals surface area (Å²) < 4.78 is 5.18. The molecule has 0 bridgehead atoms. The molecule has 1 heterocycles. The lowest BCUT2D eigenvalue weighted by Gasteiger charge is -2.12. The van der Waals surface area contributed by atoms with Gasteiger partial charge in [0.15, 0.2) is 5.96 Å². The van der Waals surface area contributed by atoms with Gasteiger partial charge in [0.2, 0.25) is 0 Å². The number of hydrogen-bond donors (Lipinski definition) is 2. The first-order valence-electron chi connectivity index (χ1n) is 8.28. The number of methoxy groups -OCH3 is 1. The van der Waals surface area contributed by atoms with Crippen molar-refractivity contribution < 1.29 is 4.74 Å². The zero-order valence-electron chi connectivity index (χ0n) is 14.7. The highest BCUT2D eigenvalue weighted by molar-refractivity contribution is 5.79. The summed E-state index contributed by atoms with van der Waals surface area (Å²) in [7, 11) is 1.68. The van der Waals surface area contributed by atoms with Gasteiger partial charge in [-0.15, -0.1) is 0 Å². The van der Waals surface area contributed by atoms with E-state index in [1.807, 2.05) is 24.4 Å². The van der Waals surface area contributed by atoms with E-state index in [1.54, 1.807) is 7.11 Å². The minimum Gasteiger partial charge on any atom is -0.497 e. The fourth-order valence-electron chi connectivity index (χ4n) is 2.30. The van der Waals surface area contributed by atoms with Crippen molar-refractivity contribution in [3.8, 4) is 5.75 Å². The van der Waals surface area contributed by atoms with Gasteiger partial charge < -0.3 is 15.4 Å². The Labute approximate surface area is 144 Å². The van der Waals surface area contributed by atoms with E-state index in [-0.39, 0.29) is 0 Å². The number of aromatic nitrogens is 1. The summed E-state index contributed by atoms with van der Waals surface area (Å²) in [6.07, 6.45) is 2.74. The first kappa shape index (κ1) is 17.8. The van der Waals surface area contributed by atoms with Crippen LogP contribution in [0.1, 0.15) is 23.7 Å². The maximum atomic E-state index is 5.18. The van der Waals surface area contributed by atoms with Crippen molar-refractivity contribution >= 4 is 5.96 Å². The van der Waals surface area contributed by atoms with Crippen molar-refractivity contribution in [1.82, 2.24) is 15.6 Å². The highest BCUT2D eigenvalue weighted by Crippen LogP contribution is 2.11. The molecule has 0 aliphatic carbocycles. The molecule has 2 aromatic rings. The van der Waals surface area contributed by atoms with Crippen LogP contribution in [0.4, 0.5) is 0 Å². The number of nitrogens with zero attached hydrogens (tertiary/aromatic N) is 2. The van der Waals surface area contributed by atoms with Crippen LogP contribution in [-0.2, 0) is 13.0 Å². The molecule has 128 valence electrons. The molecule has 2 N–H and O–H groups in total. The number of nitrogens with one attached hydrogen (secondary N) is 2. The first-order chi connectivity index (χ1) is 11.7. The van der Waals surface area contributed by atoms with Gasteiger partial charge in [0.05, 0.1) is 19.3 Å². The molecule has 0 aliphatic heterocycles. The monoisotopic (exact) mass is 326 g/mol. The summed E-state index contributed by atoms with van der Waals surface area (Å²) in [6, 6.07) is 12.1. The van der Waals surface area contributed by atoms with Crippen molar-refractivity contribution in [3.63, 3.8) is 0 Å². The number of hydrogen-bond acceptors (Lipinski definition) is 3. The molecule has 0 amide bonds. The van der Waals surface area contributed by atoms with Gasteiger partial charge in [0.25, 0.3) is 0 Å². The molecular weight excluding hydrogens is 300 g/mol. The number of rotatable bonds is 7. The molecule has 5 nitrogen and oxygen atoms in total. The number of pyridine rings is 1. The molecule has 0 spiro atoms. The molecule has 0 fully saturated rings. The summed E-state index contributed by atoms with van der Waals surface area (Å²) in [6.45, 7) is 6.34. The largest absolute Gasteiger partial charge is 0.497 e. The molecule has 2 rings (SSSR count). The Morgan fingerprint density at radius 1 is 1.17 bits per heavy atom. The second-order valence-corrected chi connectivity index (χ2v) is 5.49. The minimum atomic E-state index is 0.574. The Morgan fingerprint density at radius 3 is 2.62 bits per heavy atom. The molecular formula is C19H26N4O. The Morgan fingerprint density at radius 2 is 1.96 bits per heavy atom. The first-order valence-corrected chi connectivity index (χ1v) is 8.28. The Balaban J connectivity index is 1.88. The van der Waals surface area contributed by atoms with E-state index in [0.29, 0.717) is 6.54 Å². The zero-order valence-corrected chi connectivity index (χ0v) is 14.7. The van der Waals surface area contributed by atoms with Crippen LogP contribution in [0.25, 0.3) is 0 Å². The van der Waals surface area contributed by atoms with Gasteiger partial charge in [0, 0.05) is 19.3 Å². The standard InChI is InChI=1S/C19H26N4O/c1-4-20-19(23-14-18-15(2)6-5-12-21-18)22-13-11-16-7-9-17(24-3)10-8-16/h5-10,12H,4,11,13-14H2,1-3H3,(H2,20,22,23). The molecule has 0 atom stereocenters. The summed E-state index contributed by atoms with van der Waals surface area (Å²) in [5.74, 6) is 1.70. The quantitative estimate of drug-likeness (QED) is 0.607. The van der Waals surface area contributed by atoms with Crippen molar-refractivity contribution in [1.29, 1.82) is 0 Å². The lowest BCUT2D eigenvalue weighted by Crippen LogP contribution is -2.38. The van der Waals surface area contributed by atoms with Crippen LogP contribution in [-0.4, -0.2) is 31.1 Å². The summed E-state index contributed by atoms with van der Waals surface area (Å²) in [4.78, 5) is 9.00. The maximum Gasteiger partial charge on any atom is 0.191 e. The molecule has 0 aliphatic rings. The minimum absolute atomic E-state index is 0.574. The maximum absolute atomic E-state index is 5.18. The highest BCUT2D eigenvalue weighted by Gasteiger charge is 2.01. The van der Waals surface area contributed by atoms with Gasteiger partial charge in [-0.05, 0) is 49.6 Å². The van der Waals surface area contributed by atoms with E-state index >= 15 is 0 Å². The van der Waals surface area contributed by atoms with Crippen LogP contribution in [0, 0.1) is 6.92 Å². The highest BCUT2D eigenvalue weighted by atomic mass is 16.5. The predicted octanol–water partition coefficient (Wildman–Crippen LogP) is 2.70. The van der Waals surface area contributed by atoms with Crippen LogP contribution in [0.2, 0.25) is 0 Å². The van der Waals surface area contributed by atoms with Gasteiger partial charge in [-0.3, -0.25) is 4.98 Å². The Hall–Kier alpha value is -2.56.